The summed E-state index contributed by atoms with van der Waals surface area (Å²) in [7, 11) is 0. The highest BCUT2D eigenvalue weighted by atomic mass is 16.1. The molecule has 0 aliphatic carbocycles. The number of ketones is 1. The number of fused-ring (bicyclic) bond motifs is 10. The first kappa shape index (κ1) is 19.9. The SMILES string of the molecule is CC1(C)c2ccccc2-n2c1nc1ccccc12.O=C1c2ccccc2-n2c1nc1ccccc12. The predicted octanol–water partition coefficient (Wildman–Crippen LogP) is 6.23. The fourth-order valence-corrected chi connectivity index (χ4v) is 5.41. The van der Waals surface area contributed by atoms with Crippen molar-refractivity contribution in [2.75, 3.05) is 0 Å². The number of hydrogen-bond acceptors (Lipinski definition) is 3. The average molecular weight is 455 g/mol. The van der Waals surface area contributed by atoms with Crippen molar-refractivity contribution in [3.8, 4) is 11.4 Å². The lowest BCUT2D eigenvalue weighted by atomic mass is 9.86. The third-order valence-electron chi connectivity index (χ3n) is 7.09. The quantitative estimate of drug-likeness (QED) is 0.273. The van der Waals surface area contributed by atoms with Crippen LogP contribution in [0.3, 0.4) is 0 Å². The van der Waals surface area contributed by atoms with Gasteiger partial charge in [-0.3, -0.25) is 13.9 Å². The van der Waals surface area contributed by atoms with Crippen molar-refractivity contribution >= 4 is 27.9 Å². The van der Waals surface area contributed by atoms with Crippen molar-refractivity contribution in [3.63, 3.8) is 0 Å². The Hall–Kier alpha value is -4.51. The van der Waals surface area contributed by atoms with Crippen LogP contribution in [0.1, 0.15) is 41.4 Å². The molecule has 0 saturated heterocycles. The van der Waals surface area contributed by atoms with Gasteiger partial charge in [0, 0.05) is 5.56 Å². The molecular weight excluding hydrogens is 432 g/mol. The largest absolute Gasteiger partial charge is 0.295 e. The number of carbonyl (C=O) groups excluding carboxylic acids is 1. The number of benzene rings is 4. The smallest absolute Gasteiger partial charge is 0.230 e. The molecule has 0 atom stereocenters. The van der Waals surface area contributed by atoms with Crippen LogP contribution in [0.4, 0.5) is 0 Å². The summed E-state index contributed by atoms with van der Waals surface area (Å²) in [6.45, 7) is 4.49. The molecule has 4 heterocycles. The maximum atomic E-state index is 12.2. The monoisotopic (exact) mass is 454 g/mol. The van der Waals surface area contributed by atoms with E-state index in [4.69, 9.17) is 4.98 Å². The van der Waals surface area contributed by atoms with Crippen molar-refractivity contribution in [1.29, 1.82) is 0 Å². The first-order chi connectivity index (χ1) is 17.1. The van der Waals surface area contributed by atoms with E-state index in [2.05, 4.69) is 65.9 Å². The Morgan fingerprint density at radius 2 is 1.20 bits per heavy atom. The Morgan fingerprint density at radius 3 is 1.97 bits per heavy atom. The number of carbonyl (C=O) groups is 1. The van der Waals surface area contributed by atoms with Crippen LogP contribution >= 0.6 is 0 Å². The molecule has 5 nitrogen and oxygen atoms in total. The first-order valence-electron chi connectivity index (χ1n) is 11.7. The standard InChI is InChI=1S/C16H14N2.C14H8N2O/c1-16(2)11-7-3-5-9-13(11)18-14-10-6-4-8-12(14)17-15(16)18;17-13-9-5-1-3-7-11(9)16-12-8-4-2-6-10(12)15-14(13)16/h3-10H,1-2H3;1-8H. The molecule has 35 heavy (non-hydrogen) atoms. The van der Waals surface area contributed by atoms with E-state index < -0.39 is 0 Å². The van der Waals surface area contributed by atoms with Gasteiger partial charge in [0.25, 0.3) is 0 Å². The van der Waals surface area contributed by atoms with Gasteiger partial charge in [0.2, 0.25) is 5.78 Å². The summed E-state index contributed by atoms with van der Waals surface area (Å²) in [5.74, 6) is 1.68. The van der Waals surface area contributed by atoms with E-state index in [1.807, 2.05) is 59.2 Å². The molecule has 0 unspecified atom stereocenters. The predicted molar refractivity (Wildman–Crippen MR) is 138 cm³/mol. The summed E-state index contributed by atoms with van der Waals surface area (Å²) in [5, 5.41) is 0. The zero-order chi connectivity index (χ0) is 23.7. The van der Waals surface area contributed by atoms with Crippen molar-refractivity contribution in [2.45, 2.75) is 19.3 Å². The fraction of sp³-hybridized carbons (Fsp3) is 0.100. The van der Waals surface area contributed by atoms with Gasteiger partial charge in [0.15, 0.2) is 5.82 Å². The summed E-state index contributed by atoms with van der Waals surface area (Å²) < 4.78 is 4.23. The molecule has 0 saturated carbocycles. The molecule has 5 heteroatoms. The van der Waals surface area contributed by atoms with Gasteiger partial charge in [0.1, 0.15) is 5.82 Å². The van der Waals surface area contributed by atoms with Crippen molar-refractivity contribution < 1.29 is 4.79 Å². The second-order valence-electron chi connectivity index (χ2n) is 9.51. The van der Waals surface area contributed by atoms with E-state index in [-0.39, 0.29) is 11.2 Å². The lowest BCUT2D eigenvalue weighted by Gasteiger charge is -2.17. The van der Waals surface area contributed by atoms with Crippen LogP contribution in [0.2, 0.25) is 0 Å². The molecule has 2 aliphatic rings. The van der Waals surface area contributed by atoms with Gasteiger partial charge >= 0.3 is 0 Å². The number of para-hydroxylation sites is 6. The van der Waals surface area contributed by atoms with Crippen molar-refractivity contribution in [3.05, 3.63) is 120 Å². The van der Waals surface area contributed by atoms with Gasteiger partial charge in [-0.05, 0) is 61.9 Å². The molecule has 0 amide bonds. The molecular formula is C30H22N4O. The zero-order valence-electron chi connectivity index (χ0n) is 19.4. The number of imidazole rings is 2. The number of rotatable bonds is 0. The molecule has 168 valence electrons. The average Bonchev–Trinajstić information content (AvgIpc) is 3.59. The number of nitrogens with zero attached hydrogens (tertiary/aromatic N) is 4. The Labute approximate surface area is 202 Å². The topological polar surface area (TPSA) is 52.7 Å². The molecule has 2 aromatic heterocycles. The Kier molecular flexibility index (Phi) is 3.98. The summed E-state index contributed by atoms with van der Waals surface area (Å²) in [5.41, 5.74) is 8.41. The lowest BCUT2D eigenvalue weighted by molar-refractivity contribution is 0.103. The minimum atomic E-state index is -0.0182. The van der Waals surface area contributed by atoms with Crippen LogP contribution in [0, 0.1) is 0 Å². The summed E-state index contributed by atoms with van der Waals surface area (Å²) in [6.07, 6.45) is 0. The van der Waals surface area contributed by atoms with Crippen LogP contribution in [0.5, 0.6) is 0 Å². The van der Waals surface area contributed by atoms with Gasteiger partial charge in [-0.2, -0.15) is 0 Å². The van der Waals surface area contributed by atoms with E-state index in [1.165, 1.54) is 16.8 Å². The molecule has 2 aliphatic heterocycles. The highest BCUT2D eigenvalue weighted by molar-refractivity contribution is 6.14. The molecule has 0 bridgehead atoms. The molecule has 0 spiro atoms. The van der Waals surface area contributed by atoms with Gasteiger partial charge < -0.3 is 0 Å². The minimum absolute atomic E-state index is 0.0109. The highest BCUT2D eigenvalue weighted by Gasteiger charge is 2.38. The number of hydrogen-bond donors (Lipinski definition) is 0. The Bertz CT molecular complexity index is 1800. The van der Waals surface area contributed by atoms with E-state index in [0.29, 0.717) is 5.82 Å². The molecule has 0 N–H and O–H groups in total. The minimum Gasteiger partial charge on any atom is -0.295 e. The molecule has 6 aromatic rings. The molecule has 0 fully saturated rings. The van der Waals surface area contributed by atoms with Crippen LogP contribution in [-0.2, 0) is 5.41 Å². The van der Waals surface area contributed by atoms with Gasteiger partial charge in [-0.15, -0.1) is 0 Å². The Balaban J connectivity index is 0.000000120. The lowest BCUT2D eigenvalue weighted by Crippen LogP contribution is -2.16. The molecule has 8 rings (SSSR count). The second kappa shape index (κ2) is 7.00. The van der Waals surface area contributed by atoms with Gasteiger partial charge in [0.05, 0.1) is 38.9 Å². The number of aromatic nitrogens is 4. The van der Waals surface area contributed by atoms with E-state index in [0.717, 1.165) is 33.6 Å². The fourth-order valence-electron chi connectivity index (χ4n) is 5.41. The van der Waals surface area contributed by atoms with Crippen LogP contribution in [0.25, 0.3) is 33.4 Å². The molecule has 0 radical (unpaired) electrons. The Morgan fingerprint density at radius 1 is 0.629 bits per heavy atom. The van der Waals surface area contributed by atoms with Crippen LogP contribution in [-0.4, -0.2) is 24.9 Å². The summed E-state index contributed by atoms with van der Waals surface area (Å²) in [4.78, 5) is 21.4. The van der Waals surface area contributed by atoms with Crippen LogP contribution in [0.15, 0.2) is 97.1 Å². The molecule has 4 aromatic carbocycles. The van der Waals surface area contributed by atoms with E-state index in [1.54, 1.807) is 0 Å². The van der Waals surface area contributed by atoms with Crippen molar-refractivity contribution in [1.82, 2.24) is 19.1 Å². The maximum Gasteiger partial charge on any atom is 0.230 e. The summed E-state index contributed by atoms with van der Waals surface area (Å²) in [6, 6.07) is 32.4. The van der Waals surface area contributed by atoms with E-state index in [9.17, 15) is 4.79 Å². The highest BCUT2D eigenvalue weighted by Crippen LogP contribution is 2.43. The normalized spacial score (nSPS) is 14.3. The maximum absolute atomic E-state index is 12.2. The third kappa shape index (κ3) is 2.66. The van der Waals surface area contributed by atoms with Gasteiger partial charge in [-0.1, -0.05) is 54.6 Å². The zero-order valence-corrected chi connectivity index (χ0v) is 19.4. The van der Waals surface area contributed by atoms with E-state index >= 15 is 0 Å². The van der Waals surface area contributed by atoms with Crippen molar-refractivity contribution in [2.24, 2.45) is 0 Å². The summed E-state index contributed by atoms with van der Waals surface area (Å²) >= 11 is 0. The third-order valence-corrected chi connectivity index (χ3v) is 7.09. The second-order valence-corrected chi connectivity index (χ2v) is 9.51. The van der Waals surface area contributed by atoms with Crippen LogP contribution < -0.4 is 0 Å². The van der Waals surface area contributed by atoms with Gasteiger partial charge in [-0.25, -0.2) is 9.97 Å². The first-order valence-corrected chi connectivity index (χ1v) is 11.7.